The highest BCUT2D eigenvalue weighted by atomic mass is 35.5. The van der Waals surface area contributed by atoms with Crippen LogP contribution in [-0.4, -0.2) is 34.1 Å². The van der Waals surface area contributed by atoms with Gasteiger partial charge >= 0.3 is 0 Å². The van der Waals surface area contributed by atoms with Crippen LogP contribution >= 0.6 is 11.6 Å². The molecule has 0 saturated carbocycles. The number of aromatic nitrogens is 2. The van der Waals surface area contributed by atoms with Crippen LogP contribution in [0.5, 0.6) is 0 Å². The largest absolute Gasteiger partial charge is 0.453 e. The number of aliphatic hydroxyl groups is 1. The monoisotopic (exact) mass is 467 g/mol. The van der Waals surface area contributed by atoms with E-state index in [4.69, 9.17) is 21.1 Å². The second kappa shape index (κ2) is 10.2. The van der Waals surface area contributed by atoms with E-state index in [0.29, 0.717) is 28.4 Å². The van der Waals surface area contributed by atoms with E-state index in [2.05, 4.69) is 20.6 Å². The molecule has 0 saturated heterocycles. The van der Waals surface area contributed by atoms with Gasteiger partial charge in [0.25, 0.3) is 6.29 Å². The third-order valence-electron chi connectivity index (χ3n) is 4.61. The lowest BCUT2D eigenvalue weighted by Crippen LogP contribution is -2.27. The van der Waals surface area contributed by atoms with E-state index in [9.17, 15) is 9.90 Å². The zero-order valence-electron chi connectivity index (χ0n) is 17.7. The number of anilines is 4. The number of nitrogens with zero attached hydrogens (tertiary/aromatic N) is 3. The van der Waals surface area contributed by atoms with Gasteiger partial charge in [-0.05, 0) is 42.5 Å². The van der Waals surface area contributed by atoms with Gasteiger partial charge in [0, 0.05) is 35.1 Å². The number of rotatable bonds is 8. The quantitative estimate of drug-likeness (QED) is 0.453. The first-order valence-electron chi connectivity index (χ1n) is 10.2. The van der Waals surface area contributed by atoms with Crippen LogP contribution in [-0.2, 0) is 14.3 Å². The Kier molecular flexibility index (Phi) is 6.92. The average molecular weight is 468 g/mol. The van der Waals surface area contributed by atoms with Crippen molar-refractivity contribution in [1.82, 2.24) is 9.97 Å². The molecule has 2 heterocycles. The Bertz CT molecular complexity index is 1160. The lowest BCUT2D eigenvalue weighted by Gasteiger charge is -2.23. The molecule has 0 aliphatic carbocycles. The zero-order valence-corrected chi connectivity index (χ0v) is 18.5. The molecular weight excluding hydrogens is 446 g/mol. The number of aliphatic hydroxyl groups excluding tert-OH is 1. The number of hydrogen-bond acceptors (Lipinski definition) is 8. The lowest BCUT2D eigenvalue weighted by atomic mass is 10.2. The number of halogens is 1. The Labute approximate surface area is 195 Å². The van der Waals surface area contributed by atoms with Crippen molar-refractivity contribution in [2.24, 2.45) is 0 Å². The second-order valence-electron chi connectivity index (χ2n) is 7.09. The van der Waals surface area contributed by atoms with E-state index in [-0.39, 0.29) is 19.1 Å². The molecule has 0 spiro atoms. The highest BCUT2D eigenvalue weighted by Gasteiger charge is 2.27. The first kappa shape index (κ1) is 22.4. The molecule has 0 radical (unpaired) electrons. The fourth-order valence-corrected chi connectivity index (χ4v) is 3.38. The smallest absolute Gasteiger partial charge is 0.268 e. The van der Waals surface area contributed by atoms with Gasteiger partial charge in [-0.25, -0.2) is 4.98 Å². The van der Waals surface area contributed by atoms with Gasteiger partial charge in [-0.2, -0.15) is 4.98 Å². The minimum absolute atomic E-state index is 0.125. The summed E-state index contributed by atoms with van der Waals surface area (Å²) in [5.74, 6) is 1.13. The molecule has 3 N–H and O–H groups in total. The number of carbonyl (C=O) groups is 1. The molecular formula is C23H22ClN5O4. The van der Waals surface area contributed by atoms with E-state index in [1.807, 2.05) is 12.1 Å². The number of benzene rings is 2. The van der Waals surface area contributed by atoms with Crippen molar-refractivity contribution < 1.29 is 19.4 Å². The van der Waals surface area contributed by atoms with Crippen molar-refractivity contribution in [2.45, 2.75) is 13.2 Å². The number of amides is 1. The van der Waals surface area contributed by atoms with Gasteiger partial charge in [0.2, 0.25) is 17.7 Å². The molecule has 1 aliphatic rings. The topological polar surface area (TPSA) is 109 Å². The van der Waals surface area contributed by atoms with E-state index in [1.54, 1.807) is 53.6 Å². The summed E-state index contributed by atoms with van der Waals surface area (Å²) in [4.78, 5) is 21.7. The van der Waals surface area contributed by atoms with Crippen LogP contribution in [0.15, 0.2) is 72.9 Å². The van der Waals surface area contributed by atoms with Gasteiger partial charge in [-0.1, -0.05) is 23.7 Å². The molecule has 1 aliphatic heterocycles. The second-order valence-corrected chi connectivity index (χ2v) is 7.53. The van der Waals surface area contributed by atoms with Crippen molar-refractivity contribution in [3.8, 4) is 0 Å². The standard InChI is InChI=1S/C23H22ClN5O4/c1-15(31)26-18-5-7-19(8-6-18)27-23-25-10-9-20(28-23)29(11-12-30)21-14-32-22(33-21)16-3-2-4-17(24)13-16/h2-10,13-14,22,30H,11-12H2,1H3,(H,26,31)(H,25,27,28). The van der Waals surface area contributed by atoms with Crippen molar-refractivity contribution in [2.75, 3.05) is 28.7 Å². The maximum absolute atomic E-state index is 11.2. The molecule has 3 aromatic rings. The Morgan fingerprint density at radius 3 is 2.70 bits per heavy atom. The van der Waals surface area contributed by atoms with Crippen LogP contribution in [0.2, 0.25) is 5.02 Å². The van der Waals surface area contributed by atoms with Crippen LogP contribution < -0.4 is 15.5 Å². The van der Waals surface area contributed by atoms with Crippen molar-refractivity contribution >= 4 is 40.6 Å². The number of carbonyl (C=O) groups excluding carboxylic acids is 1. The van der Waals surface area contributed by atoms with Gasteiger partial charge < -0.3 is 25.2 Å². The molecule has 0 fully saturated rings. The van der Waals surface area contributed by atoms with Crippen molar-refractivity contribution in [3.05, 3.63) is 83.5 Å². The van der Waals surface area contributed by atoms with Gasteiger partial charge in [0.15, 0.2) is 0 Å². The first-order valence-corrected chi connectivity index (χ1v) is 10.5. The van der Waals surface area contributed by atoms with E-state index < -0.39 is 6.29 Å². The molecule has 0 bridgehead atoms. The Morgan fingerprint density at radius 2 is 1.97 bits per heavy atom. The van der Waals surface area contributed by atoms with Gasteiger partial charge in [-0.15, -0.1) is 0 Å². The summed E-state index contributed by atoms with van der Waals surface area (Å²) < 4.78 is 11.6. The maximum Gasteiger partial charge on any atom is 0.268 e. The van der Waals surface area contributed by atoms with E-state index in [1.165, 1.54) is 13.2 Å². The molecule has 2 aromatic carbocycles. The first-order chi connectivity index (χ1) is 16.0. The molecule has 1 aromatic heterocycles. The Balaban J connectivity index is 1.48. The third-order valence-corrected chi connectivity index (χ3v) is 4.84. The molecule has 1 unspecified atom stereocenters. The summed E-state index contributed by atoms with van der Waals surface area (Å²) in [5, 5.41) is 16.0. The Morgan fingerprint density at radius 1 is 1.18 bits per heavy atom. The van der Waals surface area contributed by atoms with E-state index in [0.717, 1.165) is 11.3 Å². The van der Waals surface area contributed by atoms with Crippen LogP contribution in [0.1, 0.15) is 18.8 Å². The fourth-order valence-electron chi connectivity index (χ4n) is 3.18. The lowest BCUT2D eigenvalue weighted by molar-refractivity contribution is -0.114. The predicted octanol–water partition coefficient (Wildman–Crippen LogP) is 4.18. The highest BCUT2D eigenvalue weighted by Crippen LogP contribution is 2.33. The number of nitrogens with one attached hydrogen (secondary N) is 2. The molecule has 33 heavy (non-hydrogen) atoms. The summed E-state index contributed by atoms with van der Waals surface area (Å²) in [6.45, 7) is 1.56. The van der Waals surface area contributed by atoms with Crippen molar-refractivity contribution in [3.63, 3.8) is 0 Å². The summed E-state index contributed by atoms with van der Waals surface area (Å²) >= 11 is 6.07. The van der Waals surface area contributed by atoms with Crippen LogP contribution in [0.25, 0.3) is 0 Å². The predicted molar refractivity (Wildman–Crippen MR) is 125 cm³/mol. The molecule has 9 nitrogen and oxygen atoms in total. The molecule has 1 atom stereocenters. The normalized spacial score (nSPS) is 14.6. The summed E-state index contributed by atoms with van der Waals surface area (Å²) in [6.07, 6.45) is 2.43. The maximum atomic E-state index is 11.2. The Hall–Kier alpha value is -3.82. The molecule has 4 rings (SSSR count). The summed E-state index contributed by atoms with van der Waals surface area (Å²) in [7, 11) is 0. The van der Waals surface area contributed by atoms with Crippen LogP contribution in [0.4, 0.5) is 23.1 Å². The average Bonchev–Trinajstić information content (AvgIpc) is 3.29. The third kappa shape index (κ3) is 5.71. The summed E-state index contributed by atoms with van der Waals surface area (Å²) in [6, 6.07) is 16.1. The van der Waals surface area contributed by atoms with Gasteiger partial charge in [0.1, 0.15) is 12.1 Å². The van der Waals surface area contributed by atoms with Crippen LogP contribution in [0, 0.1) is 0 Å². The zero-order chi connectivity index (χ0) is 23.2. The number of hydrogen-bond donors (Lipinski definition) is 3. The molecule has 170 valence electrons. The van der Waals surface area contributed by atoms with Gasteiger partial charge in [-0.3, -0.25) is 9.69 Å². The van der Waals surface area contributed by atoms with Crippen molar-refractivity contribution in [1.29, 1.82) is 0 Å². The minimum Gasteiger partial charge on any atom is -0.453 e. The van der Waals surface area contributed by atoms with Crippen LogP contribution in [0.3, 0.4) is 0 Å². The fraction of sp³-hybridized carbons (Fsp3) is 0.174. The molecule has 1 amide bonds. The summed E-state index contributed by atoms with van der Waals surface area (Å²) in [5.41, 5.74) is 2.21. The minimum atomic E-state index is -0.651. The SMILES string of the molecule is CC(=O)Nc1ccc(Nc2nccc(N(CCO)C3=COC(c4cccc(Cl)c4)O3)n2)cc1. The molecule has 10 heteroatoms. The van der Waals surface area contributed by atoms with E-state index >= 15 is 0 Å². The number of ether oxygens (including phenoxy) is 2. The van der Waals surface area contributed by atoms with Gasteiger partial charge in [0.05, 0.1) is 13.2 Å². The highest BCUT2D eigenvalue weighted by molar-refractivity contribution is 6.30.